The number of halogens is 1. The zero-order valence-corrected chi connectivity index (χ0v) is 19.5. The van der Waals surface area contributed by atoms with Crippen molar-refractivity contribution >= 4 is 34.0 Å². The number of rotatable bonds is 6. The number of nitrogens with one attached hydrogen (secondary N) is 2. The summed E-state index contributed by atoms with van der Waals surface area (Å²) in [6.45, 7) is 6.70. The highest BCUT2D eigenvalue weighted by Gasteiger charge is 2.38. The second kappa shape index (κ2) is 9.69. The van der Waals surface area contributed by atoms with Gasteiger partial charge in [-0.1, -0.05) is 24.3 Å². The lowest BCUT2D eigenvalue weighted by Crippen LogP contribution is -2.51. The highest BCUT2D eigenvalue weighted by Crippen LogP contribution is 2.33. The maximum Gasteiger partial charge on any atom is 0.240 e. The van der Waals surface area contributed by atoms with Crippen molar-refractivity contribution in [3.63, 3.8) is 0 Å². The van der Waals surface area contributed by atoms with Crippen LogP contribution in [0, 0.1) is 11.8 Å². The van der Waals surface area contributed by atoms with E-state index in [0.29, 0.717) is 5.92 Å². The van der Waals surface area contributed by atoms with Crippen molar-refractivity contribution in [1.82, 2.24) is 9.62 Å². The lowest BCUT2D eigenvalue weighted by Gasteiger charge is -2.43. The van der Waals surface area contributed by atoms with E-state index in [1.165, 1.54) is 0 Å². The summed E-state index contributed by atoms with van der Waals surface area (Å²) in [6.07, 6.45) is 2.24. The molecule has 3 aliphatic rings. The van der Waals surface area contributed by atoms with Gasteiger partial charge >= 0.3 is 0 Å². The summed E-state index contributed by atoms with van der Waals surface area (Å²) in [5, 5.41) is 3.07. The number of piperidine rings is 3. The Balaban J connectivity index is 0.00000272. The summed E-state index contributed by atoms with van der Waals surface area (Å²) in [6, 6.07) is 14.4. The first kappa shape index (κ1) is 23.7. The molecule has 5 rings (SSSR count). The zero-order chi connectivity index (χ0) is 21.3. The molecule has 1 unspecified atom stereocenters. The van der Waals surface area contributed by atoms with Crippen molar-refractivity contribution in [2.45, 2.75) is 37.6 Å². The van der Waals surface area contributed by atoms with E-state index < -0.39 is 10.0 Å². The van der Waals surface area contributed by atoms with E-state index in [1.54, 1.807) is 38.1 Å². The first-order chi connectivity index (χ1) is 14.3. The molecule has 3 saturated heterocycles. The van der Waals surface area contributed by atoms with Gasteiger partial charge in [-0.3, -0.25) is 4.79 Å². The number of anilines is 1. The number of sulfonamides is 1. The third-order valence-electron chi connectivity index (χ3n) is 6.03. The van der Waals surface area contributed by atoms with E-state index in [4.69, 9.17) is 0 Å². The lowest BCUT2D eigenvalue weighted by atomic mass is 9.78. The Morgan fingerprint density at radius 3 is 2.00 bits per heavy atom. The van der Waals surface area contributed by atoms with Crippen LogP contribution in [-0.4, -0.2) is 44.9 Å². The van der Waals surface area contributed by atoms with Gasteiger partial charge in [-0.05, 0) is 81.1 Å². The molecule has 31 heavy (non-hydrogen) atoms. The smallest absolute Gasteiger partial charge is 0.240 e. The fraction of sp³-hybridized carbons (Fsp3) is 0.435. The quantitative estimate of drug-likeness (QED) is 0.684. The molecule has 2 bridgehead atoms. The lowest BCUT2D eigenvalue weighted by molar-refractivity contribution is -0.125. The Labute approximate surface area is 190 Å². The van der Waals surface area contributed by atoms with Gasteiger partial charge in [0.25, 0.3) is 0 Å². The van der Waals surface area contributed by atoms with E-state index in [9.17, 15) is 13.2 Å². The van der Waals surface area contributed by atoms with E-state index in [0.717, 1.165) is 49.3 Å². The van der Waals surface area contributed by atoms with Crippen molar-refractivity contribution in [3.05, 3.63) is 48.5 Å². The number of benzene rings is 2. The first-order valence-electron chi connectivity index (χ1n) is 10.6. The average Bonchev–Trinajstić information content (AvgIpc) is 2.74. The van der Waals surface area contributed by atoms with Crippen molar-refractivity contribution in [2.24, 2.45) is 11.8 Å². The summed E-state index contributed by atoms with van der Waals surface area (Å²) in [5.41, 5.74) is 2.69. The second-order valence-electron chi connectivity index (χ2n) is 8.61. The zero-order valence-electron chi connectivity index (χ0n) is 17.9. The van der Waals surface area contributed by atoms with Crippen molar-refractivity contribution < 1.29 is 13.2 Å². The first-order valence-corrected chi connectivity index (χ1v) is 12.1. The summed E-state index contributed by atoms with van der Waals surface area (Å²) in [4.78, 5) is 15.4. The second-order valence-corrected chi connectivity index (χ2v) is 10.3. The van der Waals surface area contributed by atoms with Gasteiger partial charge in [0.05, 0.1) is 10.8 Å². The standard InChI is InChI=1S/C23H29N3O3S.ClH/c1-16(2)25-30(28,29)21-9-5-18(6-10-21)17-3-7-20(8-4-17)24-23(27)22-15-26-13-11-19(22)12-14-26;/h3-10,16,19,22,25H,11-15H2,1-2H3,(H,24,27);1H. The Hall–Kier alpha value is -1.93. The normalized spacial score (nSPS) is 22.7. The molecule has 1 atom stereocenters. The van der Waals surface area contributed by atoms with Gasteiger partial charge in [-0.2, -0.15) is 0 Å². The predicted octanol–water partition coefficient (Wildman–Crippen LogP) is 3.74. The summed E-state index contributed by atoms with van der Waals surface area (Å²) < 4.78 is 27.1. The fourth-order valence-corrected chi connectivity index (χ4v) is 5.70. The molecule has 2 aromatic rings. The van der Waals surface area contributed by atoms with E-state index in [1.807, 2.05) is 24.3 Å². The van der Waals surface area contributed by atoms with Crippen LogP contribution in [-0.2, 0) is 14.8 Å². The molecule has 0 spiro atoms. The molecule has 3 fully saturated rings. The van der Waals surface area contributed by atoms with Gasteiger partial charge in [0, 0.05) is 18.3 Å². The molecule has 6 nitrogen and oxygen atoms in total. The van der Waals surface area contributed by atoms with Crippen LogP contribution in [0.5, 0.6) is 0 Å². The number of hydrogen-bond donors (Lipinski definition) is 2. The van der Waals surface area contributed by atoms with Crippen LogP contribution in [0.1, 0.15) is 26.7 Å². The van der Waals surface area contributed by atoms with Crippen molar-refractivity contribution in [1.29, 1.82) is 0 Å². The van der Waals surface area contributed by atoms with Crippen LogP contribution in [0.2, 0.25) is 0 Å². The van der Waals surface area contributed by atoms with Crippen molar-refractivity contribution in [2.75, 3.05) is 25.0 Å². The molecule has 8 heteroatoms. The minimum Gasteiger partial charge on any atom is -0.326 e. The third kappa shape index (κ3) is 5.47. The largest absolute Gasteiger partial charge is 0.326 e. The van der Waals surface area contributed by atoms with Crippen LogP contribution in [0.4, 0.5) is 5.69 Å². The Kier molecular flexibility index (Phi) is 7.42. The van der Waals surface area contributed by atoms with Crippen LogP contribution in [0.15, 0.2) is 53.4 Å². The Morgan fingerprint density at radius 2 is 1.52 bits per heavy atom. The maximum atomic E-state index is 12.7. The minimum atomic E-state index is -3.49. The molecular weight excluding hydrogens is 434 g/mol. The summed E-state index contributed by atoms with van der Waals surface area (Å²) in [5.74, 6) is 0.708. The monoisotopic (exact) mass is 463 g/mol. The molecule has 3 aliphatic heterocycles. The number of carbonyl (C=O) groups excluding carboxylic acids is 1. The number of carbonyl (C=O) groups is 1. The number of fused-ring (bicyclic) bond motifs is 3. The van der Waals surface area contributed by atoms with Gasteiger partial charge in [0.15, 0.2) is 0 Å². The number of hydrogen-bond acceptors (Lipinski definition) is 4. The molecule has 0 aliphatic carbocycles. The fourth-order valence-electron chi connectivity index (χ4n) is 4.45. The van der Waals surface area contributed by atoms with Gasteiger partial charge < -0.3 is 10.2 Å². The van der Waals surface area contributed by atoms with Crippen LogP contribution in [0.3, 0.4) is 0 Å². The molecule has 3 heterocycles. The number of amides is 1. The van der Waals surface area contributed by atoms with E-state index >= 15 is 0 Å². The minimum absolute atomic E-state index is 0. The Morgan fingerprint density at radius 1 is 0.968 bits per heavy atom. The molecule has 0 saturated carbocycles. The highest BCUT2D eigenvalue weighted by molar-refractivity contribution is 7.89. The molecule has 0 radical (unpaired) electrons. The SMILES string of the molecule is CC(C)NS(=O)(=O)c1ccc(-c2ccc(NC(=O)C3CN4CCC3CC4)cc2)cc1.Cl. The molecule has 1 amide bonds. The van der Waals surface area contributed by atoms with E-state index in [2.05, 4.69) is 14.9 Å². The summed E-state index contributed by atoms with van der Waals surface area (Å²) in [7, 11) is -3.49. The average molecular weight is 464 g/mol. The van der Waals surface area contributed by atoms with Gasteiger partial charge in [0.1, 0.15) is 0 Å². The third-order valence-corrected chi connectivity index (χ3v) is 7.71. The molecular formula is C23H30ClN3O3S. The van der Waals surface area contributed by atoms with Gasteiger partial charge in [-0.25, -0.2) is 13.1 Å². The topological polar surface area (TPSA) is 78.5 Å². The highest BCUT2D eigenvalue weighted by atomic mass is 35.5. The Bertz CT molecular complexity index is 999. The summed E-state index contributed by atoms with van der Waals surface area (Å²) >= 11 is 0. The van der Waals surface area contributed by atoms with Gasteiger partial charge in [-0.15, -0.1) is 12.4 Å². The molecule has 0 aromatic heterocycles. The molecule has 2 N–H and O–H groups in total. The van der Waals surface area contributed by atoms with Crippen LogP contribution in [0.25, 0.3) is 11.1 Å². The van der Waals surface area contributed by atoms with E-state index in [-0.39, 0.29) is 35.2 Å². The van der Waals surface area contributed by atoms with Gasteiger partial charge in [0.2, 0.25) is 15.9 Å². The predicted molar refractivity (Wildman–Crippen MR) is 126 cm³/mol. The molecule has 168 valence electrons. The number of nitrogens with zero attached hydrogens (tertiary/aromatic N) is 1. The van der Waals surface area contributed by atoms with Crippen molar-refractivity contribution in [3.8, 4) is 11.1 Å². The van der Waals surface area contributed by atoms with Crippen LogP contribution >= 0.6 is 12.4 Å². The maximum absolute atomic E-state index is 12.7. The van der Waals surface area contributed by atoms with Crippen LogP contribution < -0.4 is 10.0 Å². The molecule has 2 aromatic carbocycles.